The third-order valence-corrected chi connectivity index (χ3v) is 3.37. The van der Waals surface area contributed by atoms with Gasteiger partial charge in [0.25, 0.3) is 0 Å². The van der Waals surface area contributed by atoms with Gasteiger partial charge in [0.05, 0.1) is 5.56 Å². The molecule has 0 unspecified atom stereocenters. The first kappa shape index (κ1) is 8.33. The largest absolute Gasteiger partial charge is 0.389 e. The van der Waals surface area contributed by atoms with Crippen molar-refractivity contribution in [3.05, 3.63) is 15.3 Å². The number of nitrogen functional groups attached to an aromatic ring is 1. The summed E-state index contributed by atoms with van der Waals surface area (Å²) in [5, 5.41) is 10.7. The second kappa shape index (κ2) is 2.90. The zero-order chi connectivity index (χ0) is 9.42. The van der Waals surface area contributed by atoms with Crippen molar-refractivity contribution < 1.29 is 0 Å². The quantitative estimate of drug-likeness (QED) is 0.662. The summed E-state index contributed by atoms with van der Waals surface area (Å²) in [7, 11) is 0. The van der Waals surface area contributed by atoms with Crippen molar-refractivity contribution in [2.45, 2.75) is 19.8 Å². The van der Waals surface area contributed by atoms with Crippen LogP contribution in [0.5, 0.6) is 0 Å². The van der Waals surface area contributed by atoms with E-state index in [1.807, 2.05) is 0 Å². The number of nitriles is 1. The first-order valence-electron chi connectivity index (χ1n) is 4.22. The molecule has 2 nitrogen and oxygen atoms in total. The summed E-state index contributed by atoms with van der Waals surface area (Å²) < 4.78 is 1.18. The Kier molecular flexibility index (Phi) is 1.86. The van der Waals surface area contributed by atoms with E-state index in [0.29, 0.717) is 10.6 Å². The van der Waals surface area contributed by atoms with Gasteiger partial charge >= 0.3 is 0 Å². The van der Waals surface area contributed by atoms with E-state index in [9.17, 15) is 0 Å². The van der Waals surface area contributed by atoms with Crippen LogP contribution in [0, 0.1) is 11.3 Å². The van der Waals surface area contributed by atoms with Crippen LogP contribution in [0.3, 0.4) is 0 Å². The van der Waals surface area contributed by atoms with Crippen LogP contribution in [0.25, 0.3) is 11.6 Å². The predicted molar refractivity (Wildman–Crippen MR) is 55.5 cm³/mol. The van der Waals surface area contributed by atoms with Crippen molar-refractivity contribution in [2.24, 2.45) is 0 Å². The van der Waals surface area contributed by atoms with Crippen molar-refractivity contribution in [1.29, 1.82) is 5.26 Å². The summed E-state index contributed by atoms with van der Waals surface area (Å²) in [5.74, 6) is 0. The summed E-state index contributed by atoms with van der Waals surface area (Å²) in [6.07, 6.45) is 4.30. The molecule has 0 atom stereocenters. The number of hydrogen-bond donors (Lipinski definition) is 1. The van der Waals surface area contributed by atoms with E-state index < -0.39 is 0 Å². The second-order valence-electron chi connectivity index (χ2n) is 3.22. The summed E-state index contributed by atoms with van der Waals surface area (Å²) in [6, 6.07) is 2.18. The van der Waals surface area contributed by atoms with E-state index in [1.54, 1.807) is 0 Å². The molecule has 1 aliphatic carbocycles. The number of rotatable bonds is 0. The molecule has 1 aromatic heterocycles. The first-order chi connectivity index (χ1) is 6.24. The van der Waals surface area contributed by atoms with Gasteiger partial charge in [-0.1, -0.05) is 11.6 Å². The van der Waals surface area contributed by atoms with Crippen LogP contribution < -0.4 is 15.5 Å². The second-order valence-corrected chi connectivity index (χ2v) is 4.30. The molecule has 2 N–H and O–H groups in total. The Labute approximate surface area is 80.6 Å². The Hall–Kier alpha value is -1.27. The standard InChI is InChI=1S/C10H10N2S/c1-6-3-2-4-8-9(6)7(5-11)10(12)13-8/h4H,2-3,12H2,1H3. The molecular weight excluding hydrogens is 180 g/mol. The average molecular weight is 190 g/mol. The van der Waals surface area contributed by atoms with E-state index in [-0.39, 0.29) is 0 Å². The van der Waals surface area contributed by atoms with Gasteiger partial charge < -0.3 is 5.73 Å². The molecule has 0 amide bonds. The van der Waals surface area contributed by atoms with Gasteiger partial charge in [-0.05, 0) is 19.8 Å². The number of hydrogen-bond acceptors (Lipinski definition) is 3. The van der Waals surface area contributed by atoms with Gasteiger partial charge in [-0.2, -0.15) is 5.26 Å². The molecule has 0 bridgehead atoms. The highest BCUT2D eigenvalue weighted by molar-refractivity contribution is 7.14. The van der Waals surface area contributed by atoms with E-state index >= 15 is 0 Å². The molecule has 0 saturated carbocycles. The van der Waals surface area contributed by atoms with Gasteiger partial charge in [-0.15, -0.1) is 11.3 Å². The maximum absolute atomic E-state index is 8.93. The Balaban J connectivity index is 2.98. The summed E-state index contributed by atoms with van der Waals surface area (Å²) >= 11 is 1.52. The van der Waals surface area contributed by atoms with E-state index in [2.05, 4.69) is 19.1 Å². The lowest BCUT2D eigenvalue weighted by atomic mass is 10.0. The summed E-state index contributed by atoms with van der Waals surface area (Å²) in [5.41, 5.74) is 7.72. The van der Waals surface area contributed by atoms with Crippen LogP contribution in [0.2, 0.25) is 0 Å². The smallest absolute Gasteiger partial charge is 0.105 e. The molecule has 1 aromatic rings. The lowest BCUT2D eigenvalue weighted by Crippen LogP contribution is -2.25. The normalized spacial score (nSPS) is 14.6. The molecule has 0 saturated heterocycles. The monoisotopic (exact) mass is 190 g/mol. The molecule has 3 heteroatoms. The highest BCUT2D eigenvalue weighted by atomic mass is 32.1. The van der Waals surface area contributed by atoms with Crippen molar-refractivity contribution >= 4 is 28.0 Å². The number of thiophene rings is 1. The van der Waals surface area contributed by atoms with Gasteiger partial charge in [0.15, 0.2) is 0 Å². The molecule has 1 aliphatic rings. The molecule has 2 rings (SSSR count). The highest BCUT2D eigenvalue weighted by Crippen LogP contribution is 2.15. The van der Waals surface area contributed by atoms with Gasteiger partial charge in [-0.25, -0.2) is 0 Å². The van der Waals surface area contributed by atoms with Gasteiger partial charge in [0.1, 0.15) is 11.1 Å². The number of nitrogens with two attached hydrogens (primary N) is 1. The fourth-order valence-electron chi connectivity index (χ4n) is 1.69. The van der Waals surface area contributed by atoms with Crippen LogP contribution in [-0.2, 0) is 0 Å². The van der Waals surface area contributed by atoms with Crippen molar-refractivity contribution in [3.8, 4) is 6.07 Å². The summed E-state index contributed by atoms with van der Waals surface area (Å²) in [4.78, 5) is 0. The lowest BCUT2D eigenvalue weighted by molar-refractivity contribution is 1.07. The molecule has 13 heavy (non-hydrogen) atoms. The number of fused-ring (bicyclic) bond motifs is 1. The molecule has 0 spiro atoms. The lowest BCUT2D eigenvalue weighted by Gasteiger charge is -2.01. The van der Waals surface area contributed by atoms with Crippen LogP contribution in [0.4, 0.5) is 5.00 Å². The number of nitrogens with zero attached hydrogens (tertiary/aromatic N) is 1. The SMILES string of the molecule is CC1=c2c(C#N)c(N)sc2=CCC1. The third kappa shape index (κ3) is 1.14. The van der Waals surface area contributed by atoms with Crippen LogP contribution in [0.15, 0.2) is 0 Å². The number of anilines is 1. The van der Waals surface area contributed by atoms with Crippen molar-refractivity contribution in [2.75, 3.05) is 5.73 Å². The Bertz CT molecular complexity index is 502. The third-order valence-electron chi connectivity index (χ3n) is 2.35. The predicted octanol–water partition coefficient (Wildman–Crippen LogP) is 0.947. The molecule has 0 radical (unpaired) electrons. The molecule has 0 fully saturated rings. The van der Waals surface area contributed by atoms with Crippen molar-refractivity contribution in [3.63, 3.8) is 0 Å². The molecule has 66 valence electrons. The zero-order valence-electron chi connectivity index (χ0n) is 7.42. The molecular formula is C10H10N2S. The topological polar surface area (TPSA) is 49.8 Å². The maximum atomic E-state index is 8.93. The van der Waals surface area contributed by atoms with Crippen LogP contribution >= 0.6 is 11.3 Å². The Morgan fingerprint density at radius 2 is 2.38 bits per heavy atom. The average Bonchev–Trinajstić information content (AvgIpc) is 2.42. The van der Waals surface area contributed by atoms with Crippen LogP contribution in [-0.4, -0.2) is 0 Å². The van der Waals surface area contributed by atoms with E-state index in [1.165, 1.54) is 21.4 Å². The molecule has 0 aromatic carbocycles. The van der Waals surface area contributed by atoms with E-state index in [0.717, 1.165) is 18.1 Å². The molecule has 0 aliphatic heterocycles. The van der Waals surface area contributed by atoms with Gasteiger partial charge in [0, 0.05) is 9.75 Å². The first-order valence-corrected chi connectivity index (χ1v) is 5.04. The Morgan fingerprint density at radius 1 is 1.62 bits per heavy atom. The minimum absolute atomic E-state index is 0.657. The minimum Gasteiger partial charge on any atom is -0.389 e. The van der Waals surface area contributed by atoms with Crippen LogP contribution in [0.1, 0.15) is 25.3 Å². The fraction of sp³-hybridized carbons (Fsp3) is 0.300. The van der Waals surface area contributed by atoms with Gasteiger partial charge in [0.2, 0.25) is 0 Å². The minimum atomic E-state index is 0.657. The maximum Gasteiger partial charge on any atom is 0.105 e. The Morgan fingerprint density at radius 3 is 3.08 bits per heavy atom. The fourth-order valence-corrected chi connectivity index (χ4v) is 2.76. The van der Waals surface area contributed by atoms with Crippen molar-refractivity contribution in [1.82, 2.24) is 0 Å². The summed E-state index contributed by atoms with van der Waals surface area (Å²) in [6.45, 7) is 2.08. The molecule has 1 heterocycles. The zero-order valence-corrected chi connectivity index (χ0v) is 8.24. The van der Waals surface area contributed by atoms with Gasteiger partial charge in [-0.3, -0.25) is 0 Å². The highest BCUT2D eigenvalue weighted by Gasteiger charge is 2.10. The van der Waals surface area contributed by atoms with E-state index in [4.69, 9.17) is 11.0 Å².